The van der Waals surface area contributed by atoms with Crippen LogP contribution in [0.15, 0.2) is 16.8 Å². The van der Waals surface area contributed by atoms with Crippen LogP contribution in [0.5, 0.6) is 0 Å². The van der Waals surface area contributed by atoms with Crippen LogP contribution in [0.2, 0.25) is 0 Å². The molecule has 1 heterocycles. The molecule has 0 amide bonds. The van der Waals surface area contributed by atoms with Crippen molar-refractivity contribution >= 4 is 21.4 Å². The van der Waals surface area contributed by atoms with Gasteiger partial charge in [-0.05, 0) is 28.8 Å². The maximum absolute atomic E-state index is 11.4. The first-order valence-electron chi connectivity index (χ1n) is 4.50. The van der Waals surface area contributed by atoms with Crippen molar-refractivity contribution < 1.29 is 8.42 Å². The molecule has 0 bridgehead atoms. The average Bonchev–Trinajstić information content (AvgIpc) is 2.54. The Morgan fingerprint density at radius 3 is 2.64 bits per heavy atom. The highest BCUT2D eigenvalue weighted by atomic mass is 32.2. The van der Waals surface area contributed by atoms with Crippen LogP contribution in [0, 0.1) is 0 Å². The largest absolute Gasteiger partial charge is 0.212 e. The molecule has 1 aromatic heterocycles. The zero-order valence-corrected chi connectivity index (χ0v) is 10.1. The second kappa shape index (κ2) is 4.91. The quantitative estimate of drug-likeness (QED) is 0.779. The summed E-state index contributed by atoms with van der Waals surface area (Å²) in [5.74, 6) is 0. The van der Waals surface area contributed by atoms with Crippen molar-refractivity contribution in [1.82, 2.24) is 4.31 Å². The van der Waals surface area contributed by atoms with E-state index < -0.39 is 10.0 Å². The number of rotatable bonds is 5. The van der Waals surface area contributed by atoms with Gasteiger partial charge in [0.15, 0.2) is 0 Å². The molecule has 0 N–H and O–H groups in total. The molecule has 0 aromatic carbocycles. The van der Waals surface area contributed by atoms with E-state index in [9.17, 15) is 8.42 Å². The lowest BCUT2D eigenvalue weighted by atomic mass is 10.3. The molecule has 0 fully saturated rings. The van der Waals surface area contributed by atoms with E-state index in [2.05, 4.69) is 0 Å². The van der Waals surface area contributed by atoms with Crippen LogP contribution in [-0.2, 0) is 16.6 Å². The molecule has 14 heavy (non-hydrogen) atoms. The van der Waals surface area contributed by atoms with Gasteiger partial charge < -0.3 is 0 Å². The Hall–Kier alpha value is -0.390. The molecule has 1 aromatic rings. The van der Waals surface area contributed by atoms with Crippen molar-refractivity contribution in [3.05, 3.63) is 22.4 Å². The number of sulfonamides is 1. The summed E-state index contributed by atoms with van der Waals surface area (Å²) in [7, 11) is -3.07. The third-order valence-corrected chi connectivity index (χ3v) is 3.86. The van der Waals surface area contributed by atoms with Crippen LogP contribution in [0.1, 0.15) is 18.9 Å². The lowest BCUT2D eigenvalue weighted by molar-refractivity contribution is 0.410. The molecule has 0 spiro atoms. The third-order valence-electron chi connectivity index (χ3n) is 1.88. The Bertz CT molecular complexity index is 356. The molecule has 0 saturated carbocycles. The minimum absolute atomic E-state index is 0.496. The van der Waals surface area contributed by atoms with Crippen LogP contribution in [-0.4, -0.2) is 25.5 Å². The van der Waals surface area contributed by atoms with Gasteiger partial charge in [-0.15, -0.1) is 0 Å². The molecular weight excluding hydrogens is 218 g/mol. The van der Waals surface area contributed by atoms with Gasteiger partial charge in [-0.2, -0.15) is 15.6 Å². The molecule has 0 aliphatic carbocycles. The summed E-state index contributed by atoms with van der Waals surface area (Å²) in [6.45, 7) is 3.07. The lowest BCUT2D eigenvalue weighted by Crippen LogP contribution is -2.30. The van der Waals surface area contributed by atoms with Gasteiger partial charge in [-0.3, -0.25) is 0 Å². The Morgan fingerprint density at radius 1 is 1.50 bits per heavy atom. The molecular formula is C9H15NO2S2. The zero-order valence-electron chi connectivity index (χ0n) is 8.43. The molecule has 0 aliphatic rings. The van der Waals surface area contributed by atoms with E-state index in [1.165, 1.54) is 10.6 Å². The smallest absolute Gasteiger partial charge is 0.211 e. The molecule has 3 nitrogen and oxygen atoms in total. The molecule has 80 valence electrons. The van der Waals surface area contributed by atoms with Crippen LogP contribution >= 0.6 is 11.3 Å². The normalized spacial score (nSPS) is 12.2. The Labute approximate surface area is 89.4 Å². The van der Waals surface area contributed by atoms with E-state index in [4.69, 9.17) is 0 Å². The second-order valence-corrected chi connectivity index (χ2v) is 5.99. The molecule has 0 saturated heterocycles. The second-order valence-electron chi connectivity index (χ2n) is 3.23. The van der Waals surface area contributed by atoms with E-state index in [-0.39, 0.29) is 0 Å². The predicted molar refractivity (Wildman–Crippen MR) is 59.9 cm³/mol. The van der Waals surface area contributed by atoms with E-state index in [0.29, 0.717) is 13.1 Å². The van der Waals surface area contributed by atoms with E-state index >= 15 is 0 Å². The molecule has 0 aliphatic heterocycles. The fourth-order valence-electron chi connectivity index (χ4n) is 1.20. The molecule has 0 radical (unpaired) electrons. The molecule has 5 heteroatoms. The van der Waals surface area contributed by atoms with Gasteiger partial charge in [-0.1, -0.05) is 6.92 Å². The van der Waals surface area contributed by atoms with Gasteiger partial charge >= 0.3 is 0 Å². The highest BCUT2D eigenvalue weighted by molar-refractivity contribution is 7.88. The van der Waals surface area contributed by atoms with Crippen molar-refractivity contribution in [1.29, 1.82) is 0 Å². The first-order valence-corrected chi connectivity index (χ1v) is 7.29. The summed E-state index contributed by atoms with van der Waals surface area (Å²) >= 11 is 1.59. The Morgan fingerprint density at radius 2 is 2.21 bits per heavy atom. The zero-order chi connectivity index (χ0) is 10.6. The minimum Gasteiger partial charge on any atom is -0.212 e. The summed E-state index contributed by atoms with van der Waals surface area (Å²) in [5, 5.41) is 3.94. The highest BCUT2D eigenvalue weighted by Crippen LogP contribution is 2.12. The van der Waals surface area contributed by atoms with Gasteiger partial charge in [-0.25, -0.2) is 8.42 Å². The van der Waals surface area contributed by atoms with Crippen molar-refractivity contribution in [2.24, 2.45) is 0 Å². The molecule has 0 unspecified atom stereocenters. The van der Waals surface area contributed by atoms with Crippen molar-refractivity contribution in [3.63, 3.8) is 0 Å². The van der Waals surface area contributed by atoms with Crippen LogP contribution < -0.4 is 0 Å². The molecule has 0 atom stereocenters. The first-order chi connectivity index (χ1) is 6.54. The predicted octanol–water partition coefficient (Wildman–Crippen LogP) is 1.92. The number of thiophene rings is 1. The van der Waals surface area contributed by atoms with Gasteiger partial charge in [0.1, 0.15) is 0 Å². The van der Waals surface area contributed by atoms with Crippen molar-refractivity contribution in [2.75, 3.05) is 12.8 Å². The van der Waals surface area contributed by atoms with E-state index in [1.807, 2.05) is 23.8 Å². The molecule has 1 rings (SSSR count). The summed E-state index contributed by atoms with van der Waals surface area (Å²) < 4.78 is 24.3. The SMILES string of the molecule is CCCN(Cc1ccsc1)S(C)(=O)=O. The topological polar surface area (TPSA) is 37.4 Å². The first kappa shape index (κ1) is 11.7. The van der Waals surface area contributed by atoms with Crippen molar-refractivity contribution in [2.45, 2.75) is 19.9 Å². The Kier molecular flexibility index (Phi) is 4.10. The summed E-state index contributed by atoms with van der Waals surface area (Å²) in [5.41, 5.74) is 1.06. The van der Waals surface area contributed by atoms with Gasteiger partial charge in [0, 0.05) is 13.1 Å². The van der Waals surface area contributed by atoms with E-state index in [0.717, 1.165) is 12.0 Å². The monoisotopic (exact) mass is 233 g/mol. The highest BCUT2D eigenvalue weighted by Gasteiger charge is 2.15. The third kappa shape index (κ3) is 3.40. The standard InChI is InChI=1S/C9H15NO2S2/c1-3-5-10(14(2,11)12)7-9-4-6-13-8-9/h4,6,8H,3,5,7H2,1-2H3. The maximum Gasteiger partial charge on any atom is 0.211 e. The number of hydrogen-bond acceptors (Lipinski definition) is 3. The summed E-state index contributed by atoms with van der Waals surface area (Å²) in [6, 6.07) is 1.96. The Balaban J connectivity index is 2.71. The number of hydrogen-bond donors (Lipinski definition) is 0. The van der Waals surface area contributed by atoms with Crippen LogP contribution in [0.4, 0.5) is 0 Å². The average molecular weight is 233 g/mol. The fraction of sp³-hybridized carbons (Fsp3) is 0.556. The van der Waals surface area contributed by atoms with Crippen molar-refractivity contribution in [3.8, 4) is 0 Å². The van der Waals surface area contributed by atoms with Gasteiger partial charge in [0.25, 0.3) is 0 Å². The summed E-state index contributed by atoms with van der Waals surface area (Å²) in [6.07, 6.45) is 2.10. The fourth-order valence-corrected chi connectivity index (χ4v) is 2.76. The minimum atomic E-state index is -3.07. The van der Waals surface area contributed by atoms with E-state index in [1.54, 1.807) is 11.3 Å². The maximum atomic E-state index is 11.4. The number of nitrogens with zero attached hydrogens (tertiary/aromatic N) is 1. The summed E-state index contributed by atoms with van der Waals surface area (Å²) in [4.78, 5) is 0. The van der Waals surface area contributed by atoms with Gasteiger partial charge in [0.05, 0.1) is 6.26 Å². The van der Waals surface area contributed by atoms with Crippen LogP contribution in [0.25, 0.3) is 0 Å². The van der Waals surface area contributed by atoms with Gasteiger partial charge in [0.2, 0.25) is 10.0 Å². The lowest BCUT2D eigenvalue weighted by Gasteiger charge is -2.18. The van der Waals surface area contributed by atoms with Crippen LogP contribution in [0.3, 0.4) is 0 Å².